The minimum atomic E-state index is 0.117. The average molecular weight is 348 g/mol. The number of hydrogen-bond acceptors (Lipinski definition) is 2. The van der Waals surface area contributed by atoms with Gasteiger partial charge in [-0.25, -0.2) is 0 Å². The molecule has 0 amide bonds. The topological polar surface area (TPSA) is 47.6 Å². The Morgan fingerprint density at radius 3 is 2.11 bits per heavy atom. The average Bonchev–Trinajstić information content (AvgIpc) is 2.70. The molecule has 1 aliphatic rings. The molecule has 4 rings (SSSR count). The molecule has 0 saturated carbocycles. The highest BCUT2D eigenvalue weighted by Crippen LogP contribution is 2.47. The Hall–Kier alpha value is -3.36. The Morgan fingerprint density at radius 2 is 1.41 bits per heavy atom. The first-order chi connectivity index (χ1) is 13.0. The van der Waals surface area contributed by atoms with Crippen LogP contribution in [0.5, 0.6) is 0 Å². The van der Waals surface area contributed by atoms with Crippen LogP contribution in [0.1, 0.15) is 68.8 Å². The summed E-state index contributed by atoms with van der Waals surface area (Å²) in [4.78, 5) is 0. The quantitative estimate of drug-likeness (QED) is 0.567. The van der Waals surface area contributed by atoms with Crippen molar-refractivity contribution in [2.75, 3.05) is 0 Å². The maximum atomic E-state index is 9.37. The van der Waals surface area contributed by atoms with Crippen LogP contribution in [-0.4, -0.2) is 0 Å². The van der Waals surface area contributed by atoms with E-state index in [1.807, 2.05) is 25.1 Å². The van der Waals surface area contributed by atoms with E-state index in [9.17, 15) is 10.5 Å². The van der Waals surface area contributed by atoms with Crippen LogP contribution in [-0.2, 0) is 0 Å². The van der Waals surface area contributed by atoms with Crippen molar-refractivity contribution in [3.63, 3.8) is 0 Å². The third kappa shape index (κ3) is 2.62. The molecular weight excluding hydrogens is 328 g/mol. The first-order valence-corrected chi connectivity index (χ1v) is 9.19. The van der Waals surface area contributed by atoms with Gasteiger partial charge in [0.25, 0.3) is 0 Å². The molecule has 130 valence electrons. The Balaban J connectivity index is 2.03. The number of aryl methyl sites for hydroxylation is 2. The van der Waals surface area contributed by atoms with Gasteiger partial charge >= 0.3 is 0 Å². The second kappa shape index (κ2) is 6.42. The maximum absolute atomic E-state index is 9.37. The number of fused-ring (bicyclic) bond motifs is 2. The van der Waals surface area contributed by atoms with Crippen LogP contribution >= 0.6 is 0 Å². The van der Waals surface area contributed by atoms with Gasteiger partial charge in [0.05, 0.1) is 23.3 Å². The Bertz CT molecular complexity index is 1140. The molecular formula is C25H20N2. The molecule has 27 heavy (non-hydrogen) atoms. The fourth-order valence-corrected chi connectivity index (χ4v) is 4.39. The highest BCUT2D eigenvalue weighted by Gasteiger charge is 2.32. The van der Waals surface area contributed by atoms with E-state index >= 15 is 0 Å². The highest BCUT2D eigenvalue weighted by atomic mass is 14.4. The molecule has 0 radical (unpaired) electrons. The molecule has 0 aromatic heterocycles. The van der Waals surface area contributed by atoms with Gasteiger partial charge in [-0.05, 0) is 71.0 Å². The van der Waals surface area contributed by atoms with Crippen molar-refractivity contribution in [3.8, 4) is 12.1 Å². The fraction of sp³-hybridized carbons (Fsp3) is 0.200. The summed E-state index contributed by atoms with van der Waals surface area (Å²) in [6, 6.07) is 23.4. The van der Waals surface area contributed by atoms with Gasteiger partial charge in [0, 0.05) is 11.8 Å². The van der Waals surface area contributed by atoms with Crippen LogP contribution in [0, 0.1) is 36.5 Å². The van der Waals surface area contributed by atoms with E-state index in [0.717, 1.165) is 16.7 Å². The summed E-state index contributed by atoms with van der Waals surface area (Å²) in [5, 5.41) is 18.7. The van der Waals surface area contributed by atoms with Crippen LogP contribution < -0.4 is 0 Å². The molecule has 2 nitrogen and oxygen atoms in total. The van der Waals surface area contributed by atoms with Crippen molar-refractivity contribution in [2.24, 2.45) is 0 Å². The van der Waals surface area contributed by atoms with Gasteiger partial charge in [0.15, 0.2) is 0 Å². The molecule has 2 unspecified atom stereocenters. The summed E-state index contributed by atoms with van der Waals surface area (Å²) >= 11 is 0. The Kier molecular flexibility index (Phi) is 4.06. The zero-order chi connectivity index (χ0) is 19.1. The standard InChI is InChI=1S/C25H20N2/c1-15-11-23(16(2)10-19(15)14-27)25-21-7-5-4-6-20(21)17(3)24-12-18(13-26)8-9-22(24)25/h4-12,17,25H,1-3H3. The smallest absolute Gasteiger partial charge is 0.0994 e. The van der Waals surface area contributed by atoms with Gasteiger partial charge in [-0.2, -0.15) is 10.5 Å². The lowest BCUT2D eigenvalue weighted by atomic mass is 9.69. The van der Waals surface area contributed by atoms with E-state index in [2.05, 4.69) is 62.4 Å². The summed E-state index contributed by atoms with van der Waals surface area (Å²) in [6.07, 6.45) is 0. The molecule has 0 saturated heterocycles. The van der Waals surface area contributed by atoms with Crippen LogP contribution in [0.15, 0.2) is 54.6 Å². The van der Waals surface area contributed by atoms with Crippen molar-refractivity contribution in [1.82, 2.24) is 0 Å². The minimum Gasteiger partial charge on any atom is -0.192 e. The minimum absolute atomic E-state index is 0.117. The molecule has 3 aromatic rings. The highest BCUT2D eigenvalue weighted by molar-refractivity contribution is 5.60. The first kappa shape index (κ1) is 17.1. The van der Waals surface area contributed by atoms with Crippen molar-refractivity contribution in [2.45, 2.75) is 32.6 Å². The number of nitrogens with zero attached hydrogens (tertiary/aromatic N) is 2. The lowest BCUT2D eigenvalue weighted by Crippen LogP contribution is -2.19. The van der Waals surface area contributed by atoms with Crippen LogP contribution in [0.2, 0.25) is 0 Å². The second-order valence-electron chi connectivity index (χ2n) is 7.37. The van der Waals surface area contributed by atoms with E-state index in [1.54, 1.807) is 0 Å². The van der Waals surface area contributed by atoms with Gasteiger partial charge in [-0.3, -0.25) is 0 Å². The largest absolute Gasteiger partial charge is 0.192 e. The molecule has 2 atom stereocenters. The molecule has 3 aromatic carbocycles. The van der Waals surface area contributed by atoms with Crippen LogP contribution in [0.25, 0.3) is 0 Å². The van der Waals surface area contributed by atoms with Gasteiger partial charge < -0.3 is 0 Å². The summed E-state index contributed by atoms with van der Waals surface area (Å²) in [5.41, 5.74) is 9.90. The van der Waals surface area contributed by atoms with Crippen molar-refractivity contribution < 1.29 is 0 Å². The van der Waals surface area contributed by atoms with Crippen molar-refractivity contribution >= 4 is 0 Å². The second-order valence-corrected chi connectivity index (χ2v) is 7.37. The van der Waals surface area contributed by atoms with E-state index in [4.69, 9.17) is 0 Å². The summed E-state index contributed by atoms with van der Waals surface area (Å²) in [6.45, 7) is 6.30. The lowest BCUT2D eigenvalue weighted by molar-refractivity contribution is 0.790. The van der Waals surface area contributed by atoms with E-state index in [-0.39, 0.29) is 11.8 Å². The monoisotopic (exact) mass is 348 g/mol. The SMILES string of the molecule is Cc1cc(C2c3ccccc3C(C)c3cc(C#N)ccc32)c(C)cc1C#N. The van der Waals surface area contributed by atoms with Gasteiger partial charge in [-0.15, -0.1) is 0 Å². The number of hydrogen-bond donors (Lipinski definition) is 0. The number of nitriles is 2. The van der Waals surface area contributed by atoms with Gasteiger partial charge in [0.2, 0.25) is 0 Å². The molecule has 0 bridgehead atoms. The number of benzene rings is 3. The Labute approximate surface area is 160 Å². The third-order valence-corrected chi connectivity index (χ3v) is 5.81. The predicted octanol–water partition coefficient (Wildman–Crippen LogP) is 5.69. The zero-order valence-electron chi connectivity index (χ0n) is 15.7. The molecule has 0 N–H and O–H groups in total. The van der Waals surface area contributed by atoms with Crippen LogP contribution in [0.3, 0.4) is 0 Å². The molecule has 1 aliphatic carbocycles. The summed E-state index contributed by atoms with van der Waals surface area (Å²) < 4.78 is 0. The van der Waals surface area contributed by atoms with E-state index < -0.39 is 0 Å². The molecule has 0 fully saturated rings. The van der Waals surface area contributed by atoms with Crippen molar-refractivity contribution in [3.05, 3.63) is 105 Å². The molecule has 0 aliphatic heterocycles. The molecule has 2 heteroatoms. The maximum Gasteiger partial charge on any atom is 0.0994 e. The number of rotatable bonds is 1. The van der Waals surface area contributed by atoms with Gasteiger partial charge in [-0.1, -0.05) is 43.3 Å². The predicted molar refractivity (Wildman–Crippen MR) is 107 cm³/mol. The zero-order valence-corrected chi connectivity index (χ0v) is 15.7. The fourth-order valence-electron chi connectivity index (χ4n) is 4.39. The normalized spacial score (nSPS) is 17.4. The van der Waals surface area contributed by atoms with Crippen LogP contribution in [0.4, 0.5) is 0 Å². The van der Waals surface area contributed by atoms with E-state index in [1.165, 1.54) is 27.8 Å². The summed E-state index contributed by atoms with van der Waals surface area (Å²) in [7, 11) is 0. The van der Waals surface area contributed by atoms with E-state index in [0.29, 0.717) is 5.56 Å². The first-order valence-electron chi connectivity index (χ1n) is 9.19. The molecule has 0 spiro atoms. The van der Waals surface area contributed by atoms with Gasteiger partial charge in [0.1, 0.15) is 0 Å². The molecule has 0 heterocycles. The third-order valence-electron chi connectivity index (χ3n) is 5.81. The van der Waals surface area contributed by atoms with Crippen molar-refractivity contribution in [1.29, 1.82) is 10.5 Å². The summed E-state index contributed by atoms with van der Waals surface area (Å²) in [5.74, 6) is 0.368. The lowest BCUT2D eigenvalue weighted by Gasteiger charge is -2.34. The Morgan fingerprint density at radius 1 is 0.704 bits per heavy atom.